The highest BCUT2D eigenvalue weighted by Crippen LogP contribution is 2.36. The van der Waals surface area contributed by atoms with Crippen LogP contribution in [0.3, 0.4) is 0 Å². The number of carbonyl (C=O) groups excluding carboxylic acids is 2. The van der Waals surface area contributed by atoms with Crippen LogP contribution in [0.25, 0.3) is 0 Å². The van der Waals surface area contributed by atoms with Crippen LogP contribution in [0.15, 0.2) is 36.5 Å². The highest BCUT2D eigenvalue weighted by Gasteiger charge is 2.33. The van der Waals surface area contributed by atoms with Crippen LogP contribution in [0, 0.1) is 0 Å². The van der Waals surface area contributed by atoms with Gasteiger partial charge in [-0.05, 0) is 30.3 Å². The largest absolute Gasteiger partial charge is 0.417 e. The van der Waals surface area contributed by atoms with Crippen molar-refractivity contribution >= 4 is 29.0 Å². The number of ketones is 1. The molecule has 22 heavy (non-hydrogen) atoms. The van der Waals surface area contributed by atoms with Crippen LogP contribution in [0.2, 0.25) is 5.02 Å². The number of amides is 1. The number of aromatic nitrogens is 1. The van der Waals surface area contributed by atoms with Crippen molar-refractivity contribution in [3.63, 3.8) is 0 Å². The van der Waals surface area contributed by atoms with E-state index in [0.29, 0.717) is 6.07 Å². The van der Waals surface area contributed by atoms with E-state index in [1.807, 2.05) is 0 Å². The monoisotopic (exact) mass is 330 g/mol. The summed E-state index contributed by atoms with van der Waals surface area (Å²) in [6, 6.07) is 5.88. The van der Waals surface area contributed by atoms with E-state index in [1.165, 1.54) is 16.7 Å². The van der Waals surface area contributed by atoms with E-state index in [1.54, 1.807) is 19.3 Å². The Bertz CT molecular complexity index is 738. The summed E-state index contributed by atoms with van der Waals surface area (Å²) in [5.41, 5.74) is -1.12. The Hall–Kier alpha value is -2.28. The molecule has 0 aliphatic rings. The molecule has 0 unspecified atom stereocenters. The minimum Gasteiger partial charge on any atom is -0.348 e. The molecule has 8 heteroatoms. The van der Waals surface area contributed by atoms with Gasteiger partial charge < -0.3 is 9.88 Å². The van der Waals surface area contributed by atoms with Gasteiger partial charge in [0.15, 0.2) is 0 Å². The van der Waals surface area contributed by atoms with Crippen molar-refractivity contribution in [1.82, 2.24) is 4.57 Å². The second kappa shape index (κ2) is 5.84. The molecule has 0 saturated heterocycles. The second-order valence-corrected chi connectivity index (χ2v) is 4.89. The smallest absolute Gasteiger partial charge is 0.348 e. The van der Waals surface area contributed by atoms with Crippen LogP contribution in [-0.2, 0) is 18.0 Å². The number of anilines is 1. The highest BCUT2D eigenvalue weighted by atomic mass is 35.5. The van der Waals surface area contributed by atoms with Gasteiger partial charge in [0.05, 0.1) is 16.3 Å². The molecule has 4 nitrogen and oxygen atoms in total. The number of Topliss-reactive ketones (excluding diaryl/α,β-unsaturated/α-hetero) is 1. The third-order valence-electron chi connectivity index (χ3n) is 2.91. The molecule has 0 atom stereocenters. The topological polar surface area (TPSA) is 51.1 Å². The lowest BCUT2D eigenvalue weighted by molar-refractivity contribution is -0.137. The predicted octanol–water partition coefficient (Wildman–Crippen LogP) is 3.52. The molecule has 0 aliphatic heterocycles. The lowest BCUT2D eigenvalue weighted by atomic mass is 10.2. The summed E-state index contributed by atoms with van der Waals surface area (Å²) in [6.45, 7) is 0. The van der Waals surface area contributed by atoms with Crippen LogP contribution < -0.4 is 5.32 Å². The SMILES string of the molecule is Cn1cccc1C(=O)C(=O)Nc1ccc(Cl)c(C(F)(F)F)c1. The Balaban J connectivity index is 2.23. The van der Waals surface area contributed by atoms with E-state index >= 15 is 0 Å². The number of benzene rings is 1. The first-order valence-corrected chi connectivity index (χ1v) is 6.41. The minimum atomic E-state index is -4.65. The second-order valence-electron chi connectivity index (χ2n) is 4.48. The fourth-order valence-corrected chi connectivity index (χ4v) is 2.05. The number of nitrogens with zero attached hydrogens (tertiary/aromatic N) is 1. The normalized spacial score (nSPS) is 11.3. The zero-order valence-corrected chi connectivity index (χ0v) is 12.0. The molecule has 2 rings (SSSR count). The number of rotatable bonds is 3. The van der Waals surface area contributed by atoms with Crippen molar-refractivity contribution in [2.75, 3.05) is 5.32 Å². The van der Waals surface area contributed by atoms with E-state index in [9.17, 15) is 22.8 Å². The van der Waals surface area contributed by atoms with E-state index in [2.05, 4.69) is 5.32 Å². The minimum absolute atomic E-state index is 0.127. The van der Waals surface area contributed by atoms with Gasteiger partial charge in [0.25, 0.3) is 11.7 Å². The van der Waals surface area contributed by atoms with Crippen molar-refractivity contribution in [1.29, 1.82) is 0 Å². The Morgan fingerprint density at radius 2 is 1.91 bits per heavy atom. The Morgan fingerprint density at radius 3 is 2.45 bits per heavy atom. The lowest BCUT2D eigenvalue weighted by Crippen LogP contribution is -2.24. The first-order valence-electron chi connectivity index (χ1n) is 6.04. The molecule has 1 aromatic carbocycles. The van der Waals surface area contributed by atoms with Crippen LogP contribution in [0.5, 0.6) is 0 Å². The fourth-order valence-electron chi connectivity index (χ4n) is 1.82. The number of aryl methyl sites for hydroxylation is 1. The lowest BCUT2D eigenvalue weighted by Gasteiger charge is -2.11. The molecule has 2 aromatic rings. The van der Waals surface area contributed by atoms with Gasteiger partial charge in [0.1, 0.15) is 0 Å². The van der Waals surface area contributed by atoms with Crippen LogP contribution in [-0.4, -0.2) is 16.3 Å². The van der Waals surface area contributed by atoms with E-state index < -0.39 is 28.5 Å². The van der Waals surface area contributed by atoms with Gasteiger partial charge in [-0.1, -0.05) is 11.6 Å². The van der Waals surface area contributed by atoms with Gasteiger partial charge in [-0.25, -0.2) is 0 Å². The van der Waals surface area contributed by atoms with Gasteiger partial charge in [-0.2, -0.15) is 13.2 Å². The summed E-state index contributed by atoms with van der Waals surface area (Å²) in [7, 11) is 1.57. The van der Waals surface area contributed by atoms with Crippen molar-refractivity contribution in [2.24, 2.45) is 7.05 Å². The molecule has 116 valence electrons. The summed E-state index contributed by atoms with van der Waals surface area (Å²) in [6.07, 6.45) is -3.08. The summed E-state index contributed by atoms with van der Waals surface area (Å²) in [4.78, 5) is 23.7. The quantitative estimate of drug-likeness (QED) is 0.691. The van der Waals surface area contributed by atoms with Crippen LogP contribution >= 0.6 is 11.6 Å². The summed E-state index contributed by atoms with van der Waals surface area (Å²) >= 11 is 5.48. The molecule has 0 radical (unpaired) electrons. The van der Waals surface area contributed by atoms with Crippen molar-refractivity contribution in [2.45, 2.75) is 6.18 Å². The Labute approximate surface area is 128 Å². The van der Waals surface area contributed by atoms with Gasteiger partial charge in [-0.3, -0.25) is 9.59 Å². The van der Waals surface area contributed by atoms with Crippen molar-refractivity contribution in [3.8, 4) is 0 Å². The van der Waals surface area contributed by atoms with E-state index in [0.717, 1.165) is 6.07 Å². The first-order chi connectivity index (χ1) is 10.2. The van der Waals surface area contributed by atoms with Crippen molar-refractivity contribution < 1.29 is 22.8 Å². The molecule has 0 bridgehead atoms. The third-order valence-corrected chi connectivity index (χ3v) is 3.24. The van der Waals surface area contributed by atoms with Crippen LogP contribution in [0.4, 0.5) is 18.9 Å². The molecule has 0 aliphatic carbocycles. The summed E-state index contributed by atoms with van der Waals surface area (Å²) in [5.74, 6) is -1.88. The molecule has 1 N–H and O–H groups in total. The number of alkyl halides is 3. The number of halogens is 4. The predicted molar refractivity (Wildman–Crippen MR) is 74.8 cm³/mol. The third kappa shape index (κ3) is 3.30. The summed E-state index contributed by atoms with van der Waals surface area (Å²) < 4.78 is 39.6. The zero-order chi connectivity index (χ0) is 16.5. The molecule has 1 amide bonds. The van der Waals surface area contributed by atoms with Gasteiger partial charge in [-0.15, -0.1) is 0 Å². The van der Waals surface area contributed by atoms with Gasteiger partial charge >= 0.3 is 6.18 Å². The fraction of sp³-hybridized carbons (Fsp3) is 0.143. The van der Waals surface area contributed by atoms with Crippen LogP contribution in [0.1, 0.15) is 16.1 Å². The Kier molecular flexibility index (Phi) is 4.27. The maximum Gasteiger partial charge on any atom is 0.417 e. The molecule has 0 spiro atoms. The standard InChI is InChI=1S/C14H10ClF3N2O2/c1-20-6-2-3-11(20)12(21)13(22)19-8-4-5-10(15)9(7-8)14(16,17)18/h2-7H,1H3,(H,19,22). The highest BCUT2D eigenvalue weighted by molar-refractivity contribution is 6.46. The maximum absolute atomic E-state index is 12.7. The number of hydrogen-bond donors (Lipinski definition) is 1. The number of carbonyl (C=O) groups is 2. The number of hydrogen-bond acceptors (Lipinski definition) is 2. The molecule has 0 saturated carbocycles. The zero-order valence-electron chi connectivity index (χ0n) is 11.2. The molecular formula is C14H10ClF3N2O2. The average molecular weight is 331 g/mol. The maximum atomic E-state index is 12.7. The average Bonchev–Trinajstić information content (AvgIpc) is 2.85. The number of nitrogens with one attached hydrogen (secondary N) is 1. The molecule has 1 heterocycles. The van der Waals surface area contributed by atoms with E-state index in [-0.39, 0.29) is 11.4 Å². The molecular weight excluding hydrogens is 321 g/mol. The molecule has 0 fully saturated rings. The van der Waals surface area contributed by atoms with Crippen molar-refractivity contribution in [3.05, 3.63) is 52.8 Å². The molecule has 1 aromatic heterocycles. The van der Waals surface area contributed by atoms with Gasteiger partial charge in [0.2, 0.25) is 0 Å². The Morgan fingerprint density at radius 1 is 1.23 bits per heavy atom. The summed E-state index contributed by atoms with van der Waals surface area (Å²) in [5, 5.41) is 1.65. The first kappa shape index (κ1) is 16.1. The van der Waals surface area contributed by atoms with E-state index in [4.69, 9.17) is 11.6 Å². The van der Waals surface area contributed by atoms with Gasteiger partial charge in [0, 0.05) is 18.9 Å².